The molecule has 1 atom stereocenters. The third-order valence-electron chi connectivity index (χ3n) is 5.80. The molecule has 2 aliphatic rings. The molecule has 2 aromatic carbocycles. The molecule has 27 heavy (non-hydrogen) atoms. The number of anilines is 2. The zero-order valence-electron chi connectivity index (χ0n) is 15.8. The van der Waals surface area contributed by atoms with E-state index < -0.39 is 0 Å². The average Bonchev–Trinajstić information content (AvgIpc) is 2.70. The highest BCUT2D eigenvalue weighted by atomic mass is 19.1. The van der Waals surface area contributed by atoms with Crippen molar-refractivity contribution >= 4 is 17.3 Å². The quantitative estimate of drug-likeness (QED) is 0.833. The summed E-state index contributed by atoms with van der Waals surface area (Å²) in [5.74, 6) is -0.0391. The smallest absolute Gasteiger partial charge is 0.242 e. The molecular weight excluding hydrogens is 341 g/mol. The van der Waals surface area contributed by atoms with Gasteiger partial charge < -0.3 is 14.7 Å². The lowest BCUT2D eigenvalue weighted by molar-refractivity contribution is -0.130. The molecule has 2 heterocycles. The first-order chi connectivity index (χ1) is 13.1. The first-order valence-electron chi connectivity index (χ1n) is 9.75. The van der Waals surface area contributed by atoms with Crippen molar-refractivity contribution < 1.29 is 9.18 Å². The highest BCUT2D eigenvalue weighted by molar-refractivity contribution is 5.82. The van der Waals surface area contributed by atoms with E-state index in [4.69, 9.17) is 0 Å². The molecule has 5 heteroatoms. The third-order valence-corrected chi connectivity index (χ3v) is 5.80. The van der Waals surface area contributed by atoms with Crippen LogP contribution >= 0.6 is 0 Å². The summed E-state index contributed by atoms with van der Waals surface area (Å²) in [4.78, 5) is 19.1. The zero-order valence-corrected chi connectivity index (χ0v) is 15.8. The third kappa shape index (κ3) is 3.64. The minimum Gasteiger partial charge on any atom is -0.366 e. The SMILES string of the molecule is C[C@H]1CCc2ccccc2N1CC(=O)N1CCN(c2ccccc2F)CC1. The van der Waals surface area contributed by atoms with Gasteiger partial charge in [0.2, 0.25) is 5.91 Å². The summed E-state index contributed by atoms with van der Waals surface area (Å²) in [5, 5.41) is 0. The van der Waals surface area contributed by atoms with Crippen LogP contribution in [0.2, 0.25) is 0 Å². The van der Waals surface area contributed by atoms with Gasteiger partial charge in [0.1, 0.15) is 5.82 Å². The molecule has 1 saturated heterocycles. The Kier molecular flexibility index (Phi) is 5.01. The van der Waals surface area contributed by atoms with Crippen LogP contribution in [0.5, 0.6) is 0 Å². The lowest BCUT2D eigenvalue weighted by atomic mass is 9.96. The molecule has 4 rings (SSSR count). The predicted octanol–water partition coefficient (Wildman–Crippen LogP) is 3.32. The second-order valence-corrected chi connectivity index (χ2v) is 7.46. The van der Waals surface area contributed by atoms with E-state index in [2.05, 4.69) is 30.0 Å². The van der Waals surface area contributed by atoms with Crippen LogP contribution in [0.3, 0.4) is 0 Å². The van der Waals surface area contributed by atoms with Crippen molar-refractivity contribution in [3.63, 3.8) is 0 Å². The molecule has 0 unspecified atom stereocenters. The van der Waals surface area contributed by atoms with Gasteiger partial charge in [-0.25, -0.2) is 4.39 Å². The van der Waals surface area contributed by atoms with Crippen molar-refractivity contribution in [2.45, 2.75) is 25.8 Å². The van der Waals surface area contributed by atoms with Gasteiger partial charge in [0.05, 0.1) is 12.2 Å². The van der Waals surface area contributed by atoms with Gasteiger partial charge in [-0.15, -0.1) is 0 Å². The number of piperazine rings is 1. The molecule has 0 radical (unpaired) electrons. The monoisotopic (exact) mass is 367 g/mol. The van der Waals surface area contributed by atoms with Crippen LogP contribution in [0.15, 0.2) is 48.5 Å². The summed E-state index contributed by atoms with van der Waals surface area (Å²) in [6.07, 6.45) is 2.15. The first-order valence-corrected chi connectivity index (χ1v) is 9.75. The maximum absolute atomic E-state index is 14.0. The normalized spacial score (nSPS) is 19.8. The van der Waals surface area contributed by atoms with Gasteiger partial charge in [0.15, 0.2) is 0 Å². The molecule has 4 nitrogen and oxygen atoms in total. The van der Waals surface area contributed by atoms with Gasteiger partial charge in [-0.1, -0.05) is 30.3 Å². The van der Waals surface area contributed by atoms with E-state index in [-0.39, 0.29) is 11.7 Å². The minimum absolute atomic E-state index is 0.159. The van der Waals surface area contributed by atoms with E-state index in [1.54, 1.807) is 12.1 Å². The lowest BCUT2D eigenvalue weighted by Crippen LogP contribution is -2.53. The highest BCUT2D eigenvalue weighted by Gasteiger charge is 2.28. The van der Waals surface area contributed by atoms with Crippen molar-refractivity contribution in [2.24, 2.45) is 0 Å². The number of hydrogen-bond acceptors (Lipinski definition) is 3. The van der Waals surface area contributed by atoms with Gasteiger partial charge in [0, 0.05) is 37.9 Å². The summed E-state index contributed by atoms with van der Waals surface area (Å²) >= 11 is 0. The summed E-state index contributed by atoms with van der Waals surface area (Å²) in [6, 6.07) is 15.6. The number of carbonyl (C=O) groups excluding carboxylic acids is 1. The number of aryl methyl sites for hydroxylation is 1. The molecule has 2 aliphatic heterocycles. The fraction of sp³-hybridized carbons (Fsp3) is 0.409. The topological polar surface area (TPSA) is 26.8 Å². The molecule has 142 valence electrons. The maximum atomic E-state index is 14.0. The van der Waals surface area contributed by atoms with Crippen LogP contribution in [-0.4, -0.2) is 49.6 Å². The Balaban J connectivity index is 1.40. The van der Waals surface area contributed by atoms with Crippen molar-refractivity contribution in [3.05, 3.63) is 59.9 Å². The Hall–Kier alpha value is -2.56. The van der Waals surface area contributed by atoms with Crippen LogP contribution in [0.25, 0.3) is 0 Å². The molecule has 0 aliphatic carbocycles. The van der Waals surface area contributed by atoms with Crippen LogP contribution in [0, 0.1) is 5.82 Å². The van der Waals surface area contributed by atoms with Crippen LogP contribution in [-0.2, 0) is 11.2 Å². The van der Waals surface area contributed by atoms with Crippen molar-refractivity contribution in [1.82, 2.24) is 4.90 Å². The van der Waals surface area contributed by atoms with Crippen molar-refractivity contribution in [2.75, 3.05) is 42.5 Å². The molecule has 0 spiro atoms. The number of carbonyl (C=O) groups is 1. The Morgan fingerprint density at radius 2 is 1.67 bits per heavy atom. The van der Waals surface area contributed by atoms with E-state index >= 15 is 0 Å². The Labute approximate surface area is 160 Å². The number of hydrogen-bond donors (Lipinski definition) is 0. The highest BCUT2D eigenvalue weighted by Crippen LogP contribution is 2.30. The molecule has 1 fully saturated rings. The first kappa shape index (κ1) is 17.8. The van der Waals surface area contributed by atoms with Crippen molar-refractivity contribution in [3.8, 4) is 0 Å². The number of amides is 1. The largest absolute Gasteiger partial charge is 0.366 e. The van der Waals surface area contributed by atoms with Crippen LogP contribution < -0.4 is 9.80 Å². The fourth-order valence-corrected chi connectivity index (χ4v) is 4.15. The van der Waals surface area contributed by atoms with Gasteiger partial charge in [0.25, 0.3) is 0 Å². The van der Waals surface area contributed by atoms with E-state index in [1.165, 1.54) is 17.3 Å². The molecular formula is C22H26FN3O. The maximum Gasteiger partial charge on any atom is 0.242 e. The predicted molar refractivity (Wildman–Crippen MR) is 107 cm³/mol. The minimum atomic E-state index is -0.198. The van der Waals surface area contributed by atoms with E-state index in [0.717, 1.165) is 12.8 Å². The second-order valence-electron chi connectivity index (χ2n) is 7.46. The van der Waals surface area contributed by atoms with E-state index in [0.29, 0.717) is 44.5 Å². The summed E-state index contributed by atoms with van der Waals surface area (Å²) in [6.45, 7) is 5.21. The van der Waals surface area contributed by atoms with Gasteiger partial charge in [-0.2, -0.15) is 0 Å². The molecule has 0 bridgehead atoms. The number of halogens is 1. The standard InChI is InChI=1S/C22H26FN3O/c1-17-10-11-18-6-2-4-8-20(18)26(17)16-22(27)25-14-12-24(13-15-25)21-9-5-3-7-19(21)23/h2-9,17H,10-16H2,1H3/t17-/m0/s1. The number of fused-ring (bicyclic) bond motifs is 1. The summed E-state index contributed by atoms with van der Waals surface area (Å²) < 4.78 is 14.0. The van der Waals surface area contributed by atoms with Crippen LogP contribution in [0.4, 0.5) is 15.8 Å². The van der Waals surface area contributed by atoms with Gasteiger partial charge >= 0.3 is 0 Å². The van der Waals surface area contributed by atoms with E-state index in [9.17, 15) is 9.18 Å². The molecule has 0 aromatic heterocycles. The van der Waals surface area contributed by atoms with E-state index in [1.807, 2.05) is 21.9 Å². The lowest BCUT2D eigenvalue weighted by Gasteiger charge is -2.40. The Bertz CT molecular complexity index is 817. The van der Waals surface area contributed by atoms with Crippen molar-refractivity contribution in [1.29, 1.82) is 0 Å². The fourth-order valence-electron chi connectivity index (χ4n) is 4.15. The van der Waals surface area contributed by atoms with Gasteiger partial charge in [-0.05, 0) is 43.5 Å². The molecule has 2 aromatic rings. The van der Waals surface area contributed by atoms with Crippen LogP contribution in [0.1, 0.15) is 18.9 Å². The average molecular weight is 367 g/mol. The Morgan fingerprint density at radius 1 is 1.00 bits per heavy atom. The zero-order chi connectivity index (χ0) is 18.8. The Morgan fingerprint density at radius 3 is 2.41 bits per heavy atom. The number of nitrogens with zero attached hydrogens (tertiary/aromatic N) is 3. The second kappa shape index (κ2) is 7.59. The molecule has 0 saturated carbocycles. The van der Waals surface area contributed by atoms with Gasteiger partial charge in [-0.3, -0.25) is 4.79 Å². The molecule has 0 N–H and O–H groups in total. The molecule has 1 amide bonds. The summed E-state index contributed by atoms with van der Waals surface area (Å²) in [7, 11) is 0. The number of para-hydroxylation sites is 2. The number of benzene rings is 2. The summed E-state index contributed by atoms with van der Waals surface area (Å²) in [5.41, 5.74) is 3.14. The number of rotatable bonds is 3.